The van der Waals surface area contributed by atoms with Gasteiger partial charge in [-0.15, -0.1) is 0 Å². The summed E-state index contributed by atoms with van der Waals surface area (Å²) in [5.41, 5.74) is -0.697. The van der Waals surface area contributed by atoms with Crippen molar-refractivity contribution in [3.05, 3.63) is 0 Å². The molecule has 2 fully saturated rings. The maximum Gasteiger partial charge on any atom is 0.392 e. The molecule has 3 nitrogen and oxygen atoms in total. The number of piperidine rings is 2. The molecule has 0 aliphatic carbocycles. The van der Waals surface area contributed by atoms with Crippen LogP contribution in [0, 0.1) is 11.3 Å². The van der Waals surface area contributed by atoms with Crippen LogP contribution in [0.1, 0.15) is 26.2 Å². The molecule has 6 heteroatoms. The minimum absolute atomic E-state index is 0.0393. The van der Waals surface area contributed by atoms with Gasteiger partial charge in [0.15, 0.2) is 0 Å². The Bertz CT molecular complexity index is 348. The fourth-order valence-electron chi connectivity index (χ4n) is 3.67. The summed E-state index contributed by atoms with van der Waals surface area (Å²) in [7, 11) is 1.88. The Balaban J connectivity index is 2.16. The molecule has 0 aromatic rings. The van der Waals surface area contributed by atoms with Crippen molar-refractivity contribution in [1.29, 1.82) is 0 Å². The number of hydrogen-bond donors (Lipinski definition) is 0. The first-order chi connectivity index (χ1) is 8.74. The molecule has 0 aromatic heterocycles. The van der Waals surface area contributed by atoms with E-state index in [-0.39, 0.29) is 12.3 Å². The number of halogens is 3. The standard InChI is InChI=1S/C13H21F3N2O/c1-10(19)18-7-4-12(5-8-18)9-17(2)6-3-11(12)13(14,15)16/h11H,3-9H2,1-2H3/t11-/m1/s1. The molecule has 2 saturated heterocycles. The number of carbonyl (C=O) groups excluding carboxylic acids is 1. The molecule has 2 aliphatic heterocycles. The number of amides is 1. The minimum Gasteiger partial charge on any atom is -0.343 e. The second-order valence-corrected chi connectivity index (χ2v) is 5.99. The summed E-state index contributed by atoms with van der Waals surface area (Å²) in [6, 6.07) is 0. The molecule has 0 saturated carbocycles. The SMILES string of the molecule is CC(=O)N1CCC2(CC1)CN(C)CC[C@H]2C(F)(F)F. The highest BCUT2D eigenvalue weighted by Gasteiger charge is 2.55. The van der Waals surface area contributed by atoms with E-state index in [1.165, 1.54) is 6.92 Å². The number of alkyl halides is 3. The first-order valence-corrected chi connectivity index (χ1v) is 6.75. The molecule has 0 aromatic carbocycles. The van der Waals surface area contributed by atoms with Gasteiger partial charge in [-0.2, -0.15) is 13.2 Å². The van der Waals surface area contributed by atoms with E-state index in [9.17, 15) is 18.0 Å². The van der Waals surface area contributed by atoms with Gasteiger partial charge >= 0.3 is 6.18 Å². The van der Waals surface area contributed by atoms with Crippen molar-refractivity contribution in [3.63, 3.8) is 0 Å². The number of hydrogen-bond acceptors (Lipinski definition) is 2. The summed E-state index contributed by atoms with van der Waals surface area (Å²) in [5.74, 6) is -1.26. The van der Waals surface area contributed by atoms with Crippen LogP contribution in [-0.4, -0.2) is 55.1 Å². The topological polar surface area (TPSA) is 23.6 Å². The highest BCUT2D eigenvalue weighted by atomic mass is 19.4. The predicted molar refractivity (Wildman–Crippen MR) is 65.6 cm³/mol. The van der Waals surface area contributed by atoms with Gasteiger partial charge in [0.25, 0.3) is 0 Å². The summed E-state index contributed by atoms with van der Waals surface area (Å²) < 4.78 is 39.8. The van der Waals surface area contributed by atoms with Crippen molar-refractivity contribution in [2.24, 2.45) is 11.3 Å². The van der Waals surface area contributed by atoms with Crippen LogP contribution in [0.15, 0.2) is 0 Å². The summed E-state index contributed by atoms with van der Waals surface area (Å²) in [6.07, 6.45) is -3.03. The second kappa shape index (κ2) is 4.96. The molecule has 0 N–H and O–H groups in total. The van der Waals surface area contributed by atoms with E-state index in [0.717, 1.165) is 0 Å². The molecular weight excluding hydrogens is 257 g/mol. The van der Waals surface area contributed by atoms with Gasteiger partial charge in [-0.25, -0.2) is 0 Å². The van der Waals surface area contributed by atoms with Crippen molar-refractivity contribution in [3.8, 4) is 0 Å². The summed E-state index contributed by atoms with van der Waals surface area (Å²) in [4.78, 5) is 15.0. The largest absolute Gasteiger partial charge is 0.392 e. The lowest BCUT2D eigenvalue weighted by Gasteiger charge is -2.51. The lowest BCUT2D eigenvalue weighted by Crippen LogP contribution is -2.57. The van der Waals surface area contributed by atoms with Gasteiger partial charge in [0.2, 0.25) is 5.91 Å². The molecule has 1 amide bonds. The summed E-state index contributed by atoms with van der Waals surface area (Å²) >= 11 is 0. The van der Waals surface area contributed by atoms with Gasteiger partial charge in [-0.05, 0) is 38.3 Å². The van der Waals surface area contributed by atoms with Crippen molar-refractivity contribution >= 4 is 5.91 Å². The molecule has 2 aliphatic rings. The quantitative estimate of drug-likeness (QED) is 0.677. The molecule has 19 heavy (non-hydrogen) atoms. The van der Waals surface area contributed by atoms with Crippen LogP contribution in [0.4, 0.5) is 13.2 Å². The average Bonchev–Trinajstić information content (AvgIpc) is 2.27. The van der Waals surface area contributed by atoms with Crippen molar-refractivity contribution in [2.45, 2.75) is 32.4 Å². The Morgan fingerprint density at radius 1 is 1.21 bits per heavy atom. The summed E-state index contributed by atoms with van der Waals surface area (Å²) in [5, 5.41) is 0. The number of nitrogens with zero attached hydrogens (tertiary/aromatic N) is 2. The zero-order valence-corrected chi connectivity index (χ0v) is 11.5. The lowest BCUT2D eigenvalue weighted by molar-refractivity contribution is -0.229. The van der Waals surface area contributed by atoms with Crippen LogP contribution < -0.4 is 0 Å². The molecule has 1 atom stereocenters. The van der Waals surface area contributed by atoms with Gasteiger partial charge in [0, 0.05) is 26.6 Å². The first-order valence-electron chi connectivity index (χ1n) is 6.75. The van der Waals surface area contributed by atoms with Gasteiger partial charge in [-0.3, -0.25) is 4.79 Å². The molecular formula is C13H21F3N2O. The van der Waals surface area contributed by atoms with Crippen LogP contribution in [-0.2, 0) is 4.79 Å². The Hall–Kier alpha value is -0.780. The fraction of sp³-hybridized carbons (Fsp3) is 0.923. The minimum atomic E-state index is -4.13. The van der Waals surface area contributed by atoms with Crippen LogP contribution in [0.5, 0.6) is 0 Å². The Morgan fingerprint density at radius 2 is 1.79 bits per heavy atom. The smallest absolute Gasteiger partial charge is 0.343 e. The Kier molecular flexibility index (Phi) is 3.82. The van der Waals surface area contributed by atoms with Crippen molar-refractivity contribution in [2.75, 3.05) is 33.2 Å². The third-order valence-corrected chi connectivity index (χ3v) is 4.72. The van der Waals surface area contributed by atoms with Gasteiger partial charge in [0.1, 0.15) is 0 Å². The van der Waals surface area contributed by atoms with Gasteiger partial charge in [0.05, 0.1) is 5.92 Å². The highest BCUT2D eigenvalue weighted by Crippen LogP contribution is 2.50. The molecule has 1 spiro atoms. The number of likely N-dealkylation sites (tertiary alicyclic amines) is 2. The lowest BCUT2D eigenvalue weighted by atomic mass is 9.65. The molecule has 2 heterocycles. The predicted octanol–water partition coefficient (Wildman–Crippen LogP) is 2.13. The van der Waals surface area contributed by atoms with E-state index >= 15 is 0 Å². The average molecular weight is 278 g/mol. The van der Waals surface area contributed by atoms with Crippen molar-refractivity contribution in [1.82, 2.24) is 9.80 Å². The molecule has 0 radical (unpaired) electrons. The molecule has 0 bridgehead atoms. The molecule has 110 valence electrons. The number of rotatable bonds is 0. The maximum absolute atomic E-state index is 13.3. The van der Waals surface area contributed by atoms with E-state index in [0.29, 0.717) is 39.0 Å². The van der Waals surface area contributed by atoms with Crippen LogP contribution >= 0.6 is 0 Å². The monoisotopic (exact) mass is 278 g/mol. The molecule has 2 rings (SSSR count). The van der Waals surface area contributed by atoms with E-state index in [1.807, 2.05) is 11.9 Å². The normalized spacial score (nSPS) is 28.7. The van der Waals surface area contributed by atoms with E-state index in [1.54, 1.807) is 4.90 Å². The summed E-state index contributed by atoms with van der Waals surface area (Å²) in [6.45, 7) is 3.38. The van der Waals surface area contributed by atoms with E-state index in [4.69, 9.17) is 0 Å². The van der Waals surface area contributed by atoms with E-state index in [2.05, 4.69) is 0 Å². The third-order valence-electron chi connectivity index (χ3n) is 4.72. The fourth-order valence-corrected chi connectivity index (χ4v) is 3.67. The van der Waals surface area contributed by atoms with Crippen LogP contribution in [0.25, 0.3) is 0 Å². The van der Waals surface area contributed by atoms with Crippen LogP contribution in [0.2, 0.25) is 0 Å². The maximum atomic E-state index is 13.3. The van der Waals surface area contributed by atoms with Gasteiger partial charge in [-0.1, -0.05) is 0 Å². The third kappa shape index (κ3) is 2.88. The van der Waals surface area contributed by atoms with Crippen LogP contribution in [0.3, 0.4) is 0 Å². The van der Waals surface area contributed by atoms with Gasteiger partial charge < -0.3 is 9.80 Å². The zero-order chi connectivity index (χ0) is 14.3. The Morgan fingerprint density at radius 3 is 2.26 bits per heavy atom. The first kappa shape index (κ1) is 14.6. The number of carbonyl (C=O) groups is 1. The van der Waals surface area contributed by atoms with Crippen molar-refractivity contribution < 1.29 is 18.0 Å². The zero-order valence-electron chi connectivity index (χ0n) is 11.5. The second-order valence-electron chi connectivity index (χ2n) is 5.99. The highest BCUT2D eigenvalue weighted by molar-refractivity contribution is 5.73. The van der Waals surface area contributed by atoms with E-state index < -0.39 is 17.5 Å². The Labute approximate surface area is 111 Å². The molecule has 0 unspecified atom stereocenters.